The van der Waals surface area contributed by atoms with Crippen LogP contribution in [0.15, 0.2) is 0 Å². The molecule has 0 atom stereocenters. The second kappa shape index (κ2) is 34.4. The summed E-state index contributed by atoms with van der Waals surface area (Å²) in [4.78, 5) is 50.6. The van der Waals surface area contributed by atoms with Gasteiger partial charge in [0, 0.05) is 0 Å². The minimum Gasteiger partial charge on any atom is -0.303 e. The molecule has 0 aliphatic rings. The molecule has 0 bridgehead atoms. The lowest BCUT2D eigenvalue weighted by molar-refractivity contribution is 0.191. The fourth-order valence-electron chi connectivity index (χ4n) is 4.64. The zero-order valence-corrected chi connectivity index (χ0v) is 33.9. The zero-order chi connectivity index (χ0) is 37.3. The highest BCUT2D eigenvalue weighted by molar-refractivity contribution is 7.46. The van der Waals surface area contributed by atoms with Gasteiger partial charge in [-0.15, -0.1) is 0 Å². The van der Waals surface area contributed by atoms with Crippen LogP contribution in [0.1, 0.15) is 176 Å². The molecule has 0 unspecified atom stereocenters. The lowest BCUT2D eigenvalue weighted by Gasteiger charge is -2.05. The van der Waals surface area contributed by atoms with Crippen molar-refractivity contribution in [2.24, 2.45) is 17.8 Å². The van der Waals surface area contributed by atoms with Crippen LogP contribution in [0.2, 0.25) is 0 Å². The molecule has 0 aromatic carbocycles. The van der Waals surface area contributed by atoms with E-state index in [1.165, 1.54) is 77.0 Å². The molecule has 0 aliphatic heterocycles. The van der Waals surface area contributed by atoms with Gasteiger partial charge in [-0.2, -0.15) is 0 Å². The molecule has 48 heavy (non-hydrogen) atoms. The molecule has 0 aliphatic carbocycles. The molecule has 0 rings (SSSR count). The number of hydrogen-bond acceptors (Lipinski definition) is 6. The second-order valence-electron chi connectivity index (χ2n) is 13.9. The largest absolute Gasteiger partial charge is 0.469 e. The number of hydrogen-bond donors (Lipinski definition) is 6. The first-order valence-electron chi connectivity index (χ1n) is 18.4. The van der Waals surface area contributed by atoms with Crippen LogP contribution in [0.3, 0.4) is 0 Å². The molecule has 294 valence electrons. The molecule has 12 nitrogen and oxygen atoms in total. The summed E-state index contributed by atoms with van der Waals surface area (Å²) >= 11 is 0. The molecule has 0 fully saturated rings. The quantitative estimate of drug-likeness (QED) is 0.0300. The third-order valence-electron chi connectivity index (χ3n) is 7.31. The van der Waals surface area contributed by atoms with E-state index >= 15 is 0 Å². The first-order chi connectivity index (χ1) is 22.2. The molecular weight excluding hydrogens is 681 g/mol. The highest BCUT2D eigenvalue weighted by atomic mass is 31.2. The van der Waals surface area contributed by atoms with E-state index in [2.05, 4.69) is 55.1 Å². The van der Waals surface area contributed by atoms with Gasteiger partial charge in [0.05, 0.1) is 19.8 Å². The third-order valence-corrected chi connectivity index (χ3v) is 8.86. The van der Waals surface area contributed by atoms with Crippen molar-refractivity contribution < 1.29 is 56.6 Å². The Hall–Kier alpha value is 0.330. The number of phosphoric ester groups is 3. The summed E-state index contributed by atoms with van der Waals surface area (Å²) in [5.74, 6) is 2.36. The Balaban J connectivity index is -0.000000634. The van der Waals surface area contributed by atoms with Crippen molar-refractivity contribution in [1.29, 1.82) is 0 Å². The van der Waals surface area contributed by atoms with Crippen LogP contribution in [-0.2, 0) is 27.3 Å². The predicted molar refractivity (Wildman–Crippen MR) is 195 cm³/mol. The molecule has 15 heteroatoms. The van der Waals surface area contributed by atoms with Gasteiger partial charge < -0.3 is 29.4 Å². The summed E-state index contributed by atoms with van der Waals surface area (Å²) in [6.07, 6.45) is 23.7. The topological polar surface area (TPSA) is 200 Å². The smallest absolute Gasteiger partial charge is 0.303 e. The second-order valence-corrected chi connectivity index (χ2v) is 17.6. The lowest BCUT2D eigenvalue weighted by Crippen LogP contribution is -1.92. The van der Waals surface area contributed by atoms with E-state index in [0.717, 1.165) is 75.5 Å². The normalized spacial score (nSPS) is 12.3. The fraction of sp³-hybridized carbons (Fsp3) is 1.00. The van der Waals surface area contributed by atoms with Crippen molar-refractivity contribution in [2.75, 3.05) is 19.8 Å². The monoisotopic (exact) mass is 756 g/mol. The Morgan fingerprint density at radius 3 is 0.667 bits per heavy atom. The van der Waals surface area contributed by atoms with Crippen molar-refractivity contribution >= 4 is 23.5 Å². The van der Waals surface area contributed by atoms with Gasteiger partial charge in [0.1, 0.15) is 0 Å². The van der Waals surface area contributed by atoms with Crippen molar-refractivity contribution in [1.82, 2.24) is 0 Å². The summed E-state index contributed by atoms with van der Waals surface area (Å²) < 4.78 is 44.1. The van der Waals surface area contributed by atoms with E-state index < -0.39 is 23.5 Å². The summed E-state index contributed by atoms with van der Waals surface area (Å²) in [5.41, 5.74) is 0. The lowest BCUT2D eigenvalue weighted by atomic mass is 10.0. The van der Waals surface area contributed by atoms with Gasteiger partial charge in [0.25, 0.3) is 0 Å². The molecule has 0 heterocycles. The Labute approximate surface area is 293 Å². The van der Waals surface area contributed by atoms with Crippen molar-refractivity contribution in [2.45, 2.75) is 176 Å². The van der Waals surface area contributed by atoms with Crippen LogP contribution in [0.4, 0.5) is 0 Å². The van der Waals surface area contributed by atoms with E-state index in [-0.39, 0.29) is 19.8 Å². The van der Waals surface area contributed by atoms with E-state index in [1.807, 2.05) is 0 Å². The fourth-order valence-corrected chi connectivity index (χ4v) is 5.74. The van der Waals surface area contributed by atoms with Crippen LogP contribution in [0.5, 0.6) is 0 Å². The summed E-state index contributed by atoms with van der Waals surface area (Å²) in [6, 6.07) is 0. The average Bonchev–Trinajstić information content (AvgIpc) is 2.93. The van der Waals surface area contributed by atoms with E-state index in [4.69, 9.17) is 29.4 Å². The van der Waals surface area contributed by atoms with Gasteiger partial charge in [-0.1, -0.05) is 157 Å². The molecule has 0 saturated heterocycles. The van der Waals surface area contributed by atoms with Crippen LogP contribution >= 0.6 is 23.5 Å². The van der Waals surface area contributed by atoms with Gasteiger partial charge in [-0.25, -0.2) is 13.7 Å². The number of phosphoric acid groups is 3. The maximum atomic E-state index is 10.4. The maximum Gasteiger partial charge on any atom is 0.469 e. The minimum absolute atomic E-state index is 0.161. The summed E-state index contributed by atoms with van der Waals surface area (Å²) in [7, 11) is -12.7. The SMILES string of the molecule is CC(C)CCCCCCCCCOP(=O)(O)O.CC(C)CCCCCCCCOP(=O)(O)O.CC(C)CCCCCCCOP(=O)(O)O. The Bertz CT molecular complexity index is 810. The van der Waals surface area contributed by atoms with Crippen LogP contribution in [-0.4, -0.2) is 49.2 Å². The van der Waals surface area contributed by atoms with Gasteiger partial charge in [0.15, 0.2) is 0 Å². The third kappa shape index (κ3) is 61.5. The van der Waals surface area contributed by atoms with Gasteiger partial charge in [-0.3, -0.25) is 13.6 Å². The van der Waals surface area contributed by atoms with Crippen molar-refractivity contribution in [3.05, 3.63) is 0 Å². The van der Waals surface area contributed by atoms with Gasteiger partial charge in [-0.05, 0) is 37.0 Å². The maximum absolute atomic E-state index is 10.4. The first-order valence-corrected chi connectivity index (χ1v) is 22.9. The molecule has 0 aromatic heterocycles. The van der Waals surface area contributed by atoms with E-state index in [1.54, 1.807) is 0 Å². The van der Waals surface area contributed by atoms with E-state index in [0.29, 0.717) is 0 Å². The highest BCUT2D eigenvalue weighted by Crippen LogP contribution is 2.37. The molecule has 0 amide bonds. The van der Waals surface area contributed by atoms with Crippen molar-refractivity contribution in [3.63, 3.8) is 0 Å². The molecular formula is C33H75O12P3. The highest BCUT2D eigenvalue weighted by Gasteiger charge is 2.13. The molecule has 0 saturated carbocycles. The Morgan fingerprint density at radius 2 is 0.500 bits per heavy atom. The summed E-state index contributed by atoms with van der Waals surface area (Å²) in [6.45, 7) is 13.9. The Kier molecular flexibility index (Phi) is 37.8. The van der Waals surface area contributed by atoms with Crippen LogP contribution in [0.25, 0.3) is 0 Å². The van der Waals surface area contributed by atoms with Gasteiger partial charge >= 0.3 is 23.5 Å². The van der Waals surface area contributed by atoms with Crippen LogP contribution < -0.4 is 0 Å². The predicted octanol–water partition coefficient (Wildman–Crippen LogP) is 10.4. The minimum atomic E-state index is -4.25. The van der Waals surface area contributed by atoms with Crippen LogP contribution in [0, 0.1) is 17.8 Å². The van der Waals surface area contributed by atoms with E-state index in [9.17, 15) is 13.7 Å². The molecule has 0 aromatic rings. The first kappa shape index (κ1) is 52.7. The zero-order valence-electron chi connectivity index (χ0n) is 31.2. The number of rotatable bonds is 30. The average molecular weight is 757 g/mol. The van der Waals surface area contributed by atoms with Crippen molar-refractivity contribution in [3.8, 4) is 0 Å². The summed E-state index contributed by atoms with van der Waals surface area (Å²) in [5, 5.41) is 0. The molecule has 0 spiro atoms. The van der Waals surface area contributed by atoms with Gasteiger partial charge in [0.2, 0.25) is 0 Å². The molecule has 6 N–H and O–H groups in total. The molecule has 0 radical (unpaired) electrons. The standard InChI is InChI=1S/C12H27O4P.C11H25O4P.C10H23O4P/c1-12(2)10-8-6-4-3-5-7-9-11-16-17(13,14)15;1-11(2)9-7-5-3-4-6-8-10-15-16(12,13)14;1-10(2)8-6-4-3-5-7-9-14-15(11,12)13/h12H,3-11H2,1-2H3,(H2,13,14,15);11H,3-10H2,1-2H3,(H2,12,13,14);10H,3-9H2,1-2H3,(H2,11,12,13). The number of unbranched alkanes of at least 4 members (excludes halogenated alkanes) is 15. The Morgan fingerprint density at radius 1 is 0.333 bits per heavy atom.